The standard InChI is InChI=1S/C16H12F3NO2/c17-16(18,19)11-5-3-6-12(9-11)20-15(21)14-8-10-4-1-2-7-13(10)22-14/h1-7,9,14H,8H2,(H,20,21). The molecular formula is C16H12F3NO2. The van der Waals surface area contributed by atoms with Crippen LogP contribution in [0.4, 0.5) is 18.9 Å². The monoisotopic (exact) mass is 307 g/mol. The average Bonchev–Trinajstić information content (AvgIpc) is 2.90. The lowest BCUT2D eigenvalue weighted by Crippen LogP contribution is -2.31. The summed E-state index contributed by atoms with van der Waals surface area (Å²) in [5.41, 5.74) is 0.201. The van der Waals surface area contributed by atoms with Gasteiger partial charge >= 0.3 is 6.18 Å². The average molecular weight is 307 g/mol. The van der Waals surface area contributed by atoms with Gasteiger partial charge in [-0.15, -0.1) is 0 Å². The second-order valence-corrected chi connectivity index (χ2v) is 4.99. The van der Waals surface area contributed by atoms with E-state index in [0.29, 0.717) is 12.2 Å². The molecule has 6 heteroatoms. The van der Waals surface area contributed by atoms with Gasteiger partial charge in [0.1, 0.15) is 5.75 Å². The lowest BCUT2D eigenvalue weighted by Gasteiger charge is -2.13. The number of rotatable bonds is 2. The highest BCUT2D eigenvalue weighted by molar-refractivity contribution is 5.95. The van der Waals surface area contributed by atoms with Crippen molar-refractivity contribution in [1.29, 1.82) is 0 Å². The number of amides is 1. The van der Waals surface area contributed by atoms with Crippen molar-refractivity contribution in [3.63, 3.8) is 0 Å². The number of hydrogen-bond acceptors (Lipinski definition) is 2. The highest BCUT2D eigenvalue weighted by atomic mass is 19.4. The van der Waals surface area contributed by atoms with Gasteiger partial charge in [-0.25, -0.2) is 0 Å². The van der Waals surface area contributed by atoms with Gasteiger partial charge in [0.05, 0.1) is 5.56 Å². The zero-order valence-electron chi connectivity index (χ0n) is 11.4. The van der Waals surface area contributed by atoms with Crippen LogP contribution in [-0.4, -0.2) is 12.0 Å². The molecule has 22 heavy (non-hydrogen) atoms. The molecule has 3 nitrogen and oxygen atoms in total. The van der Waals surface area contributed by atoms with Crippen molar-refractivity contribution < 1.29 is 22.7 Å². The van der Waals surface area contributed by atoms with E-state index in [1.807, 2.05) is 12.1 Å². The van der Waals surface area contributed by atoms with Gasteiger partial charge in [-0.05, 0) is 29.8 Å². The molecule has 2 aromatic carbocycles. The third-order valence-electron chi connectivity index (χ3n) is 3.40. The van der Waals surface area contributed by atoms with Gasteiger partial charge in [0.25, 0.3) is 5.91 Å². The molecule has 0 radical (unpaired) electrons. The van der Waals surface area contributed by atoms with Crippen LogP contribution < -0.4 is 10.1 Å². The molecule has 0 aliphatic carbocycles. The normalized spacial score (nSPS) is 16.8. The van der Waals surface area contributed by atoms with Crippen molar-refractivity contribution in [1.82, 2.24) is 0 Å². The van der Waals surface area contributed by atoms with E-state index >= 15 is 0 Å². The molecule has 114 valence electrons. The van der Waals surface area contributed by atoms with Gasteiger partial charge in [0.2, 0.25) is 0 Å². The number of carbonyl (C=O) groups excluding carboxylic acids is 1. The first-order chi connectivity index (χ1) is 10.4. The van der Waals surface area contributed by atoms with E-state index in [1.54, 1.807) is 12.1 Å². The van der Waals surface area contributed by atoms with Crippen LogP contribution in [0.1, 0.15) is 11.1 Å². The van der Waals surface area contributed by atoms with E-state index in [1.165, 1.54) is 12.1 Å². The molecule has 3 rings (SSSR count). The fourth-order valence-corrected chi connectivity index (χ4v) is 2.32. The van der Waals surface area contributed by atoms with Crippen LogP contribution in [0, 0.1) is 0 Å². The first kappa shape index (κ1) is 14.4. The fraction of sp³-hybridized carbons (Fsp3) is 0.188. The Morgan fingerprint density at radius 3 is 2.64 bits per heavy atom. The van der Waals surface area contributed by atoms with Gasteiger partial charge in [-0.3, -0.25) is 4.79 Å². The molecule has 1 amide bonds. The Labute approximate surface area is 124 Å². The summed E-state index contributed by atoms with van der Waals surface area (Å²) in [5.74, 6) is 0.169. The van der Waals surface area contributed by atoms with Crippen molar-refractivity contribution >= 4 is 11.6 Å². The molecule has 0 spiro atoms. The quantitative estimate of drug-likeness (QED) is 0.920. The molecule has 2 aromatic rings. The fourth-order valence-electron chi connectivity index (χ4n) is 2.32. The molecule has 1 unspecified atom stereocenters. The molecule has 1 N–H and O–H groups in total. The van der Waals surface area contributed by atoms with Crippen LogP contribution in [-0.2, 0) is 17.4 Å². The van der Waals surface area contributed by atoms with Crippen LogP contribution in [0.3, 0.4) is 0 Å². The Kier molecular flexibility index (Phi) is 3.52. The molecular weight excluding hydrogens is 295 g/mol. The predicted octanol–water partition coefficient (Wildman–Crippen LogP) is 3.65. The molecule has 0 bridgehead atoms. The predicted molar refractivity (Wildman–Crippen MR) is 74.6 cm³/mol. The lowest BCUT2D eigenvalue weighted by atomic mass is 10.1. The van der Waals surface area contributed by atoms with E-state index in [2.05, 4.69) is 5.32 Å². The summed E-state index contributed by atoms with van der Waals surface area (Å²) in [6, 6.07) is 11.8. The summed E-state index contributed by atoms with van der Waals surface area (Å²) >= 11 is 0. The molecule has 1 atom stereocenters. The Bertz CT molecular complexity index is 688. The Morgan fingerprint density at radius 1 is 1.14 bits per heavy atom. The maximum absolute atomic E-state index is 12.6. The molecule has 0 saturated heterocycles. The second-order valence-electron chi connectivity index (χ2n) is 4.99. The highest BCUT2D eigenvalue weighted by Gasteiger charge is 2.32. The molecule has 1 aliphatic heterocycles. The largest absolute Gasteiger partial charge is 0.480 e. The van der Waals surface area contributed by atoms with E-state index < -0.39 is 23.8 Å². The third-order valence-corrected chi connectivity index (χ3v) is 3.40. The van der Waals surface area contributed by atoms with E-state index in [4.69, 9.17) is 4.74 Å². The summed E-state index contributed by atoms with van der Waals surface area (Å²) in [6.45, 7) is 0. The second kappa shape index (κ2) is 5.36. The molecule has 0 fully saturated rings. The van der Waals surface area contributed by atoms with Crippen LogP contribution in [0.2, 0.25) is 0 Å². The van der Waals surface area contributed by atoms with Crippen molar-refractivity contribution in [2.24, 2.45) is 0 Å². The summed E-state index contributed by atoms with van der Waals surface area (Å²) in [7, 11) is 0. The van der Waals surface area contributed by atoms with Gasteiger partial charge < -0.3 is 10.1 Å². The molecule has 0 aromatic heterocycles. The third kappa shape index (κ3) is 2.90. The number of fused-ring (bicyclic) bond motifs is 1. The Morgan fingerprint density at radius 2 is 1.91 bits per heavy atom. The Hall–Kier alpha value is -2.50. The number of para-hydroxylation sites is 1. The molecule has 1 aliphatic rings. The van der Waals surface area contributed by atoms with Gasteiger partial charge in [0.15, 0.2) is 6.10 Å². The number of anilines is 1. The van der Waals surface area contributed by atoms with E-state index in [0.717, 1.165) is 17.7 Å². The maximum atomic E-state index is 12.6. The number of ether oxygens (including phenoxy) is 1. The number of alkyl halides is 3. The highest BCUT2D eigenvalue weighted by Crippen LogP contribution is 2.31. The smallest absolute Gasteiger partial charge is 0.416 e. The summed E-state index contributed by atoms with van der Waals surface area (Å²) in [5, 5.41) is 2.47. The summed E-state index contributed by atoms with van der Waals surface area (Å²) < 4.78 is 43.4. The summed E-state index contributed by atoms with van der Waals surface area (Å²) in [6.07, 6.45) is -4.77. The van der Waals surface area contributed by atoms with Gasteiger partial charge in [-0.1, -0.05) is 24.3 Å². The van der Waals surface area contributed by atoms with Gasteiger partial charge in [-0.2, -0.15) is 13.2 Å². The van der Waals surface area contributed by atoms with Crippen LogP contribution in [0.25, 0.3) is 0 Å². The van der Waals surface area contributed by atoms with Crippen LogP contribution >= 0.6 is 0 Å². The van der Waals surface area contributed by atoms with Crippen LogP contribution in [0.5, 0.6) is 5.75 Å². The zero-order chi connectivity index (χ0) is 15.7. The Balaban J connectivity index is 1.71. The minimum Gasteiger partial charge on any atom is -0.480 e. The zero-order valence-corrected chi connectivity index (χ0v) is 11.4. The number of nitrogens with one attached hydrogen (secondary N) is 1. The summed E-state index contributed by atoms with van der Waals surface area (Å²) in [4.78, 5) is 12.1. The number of benzene rings is 2. The van der Waals surface area contributed by atoms with Crippen molar-refractivity contribution in [2.45, 2.75) is 18.7 Å². The number of carbonyl (C=O) groups is 1. The molecule has 1 heterocycles. The SMILES string of the molecule is O=C(Nc1cccc(C(F)(F)F)c1)C1Cc2ccccc2O1. The maximum Gasteiger partial charge on any atom is 0.416 e. The van der Waals surface area contributed by atoms with Gasteiger partial charge in [0, 0.05) is 12.1 Å². The number of hydrogen-bond donors (Lipinski definition) is 1. The lowest BCUT2D eigenvalue weighted by molar-refractivity contribution is -0.137. The molecule has 0 saturated carbocycles. The first-order valence-corrected chi connectivity index (χ1v) is 6.66. The van der Waals surface area contributed by atoms with E-state index in [-0.39, 0.29) is 5.69 Å². The van der Waals surface area contributed by atoms with E-state index in [9.17, 15) is 18.0 Å². The number of halogens is 3. The minimum absolute atomic E-state index is 0.0966. The van der Waals surface area contributed by atoms with Crippen molar-refractivity contribution in [2.75, 3.05) is 5.32 Å². The van der Waals surface area contributed by atoms with Crippen molar-refractivity contribution in [3.8, 4) is 5.75 Å². The van der Waals surface area contributed by atoms with Crippen molar-refractivity contribution in [3.05, 3.63) is 59.7 Å². The van der Waals surface area contributed by atoms with Crippen LogP contribution in [0.15, 0.2) is 48.5 Å². The minimum atomic E-state index is -4.44. The first-order valence-electron chi connectivity index (χ1n) is 6.66. The topological polar surface area (TPSA) is 38.3 Å².